The Bertz CT molecular complexity index is 1340. The molecule has 4 aromatic rings. The highest BCUT2D eigenvalue weighted by Gasteiger charge is 2.29. The van der Waals surface area contributed by atoms with E-state index in [-0.39, 0.29) is 22.0 Å². The lowest BCUT2D eigenvalue weighted by atomic mass is 10.2. The predicted molar refractivity (Wildman–Crippen MR) is 108 cm³/mol. The van der Waals surface area contributed by atoms with E-state index in [1.54, 1.807) is 12.1 Å². The van der Waals surface area contributed by atoms with Crippen molar-refractivity contribution in [2.24, 2.45) is 0 Å². The number of benzene rings is 2. The molecule has 0 saturated heterocycles. The normalized spacial score (nSPS) is 13.8. The van der Waals surface area contributed by atoms with Gasteiger partial charge in [-0.2, -0.15) is 4.98 Å². The van der Waals surface area contributed by atoms with Crippen molar-refractivity contribution in [3.8, 4) is 5.69 Å². The molecular weight excluding hydrogens is 434 g/mol. The molecule has 0 N–H and O–H groups in total. The van der Waals surface area contributed by atoms with E-state index in [1.807, 2.05) is 0 Å². The molecule has 10 heteroatoms. The first-order valence-electron chi connectivity index (χ1n) is 9.12. The Kier molecular flexibility index (Phi) is 4.79. The predicted octanol–water partition coefficient (Wildman–Crippen LogP) is 4.87. The van der Waals surface area contributed by atoms with Gasteiger partial charge in [0, 0.05) is 17.0 Å². The minimum absolute atomic E-state index is 0.106. The van der Waals surface area contributed by atoms with Crippen molar-refractivity contribution in [1.29, 1.82) is 0 Å². The number of aromatic nitrogens is 4. The maximum Gasteiger partial charge on any atom is 0.266 e. The number of nitrogens with zero attached hydrogens (tertiary/aromatic N) is 4. The van der Waals surface area contributed by atoms with Gasteiger partial charge in [0.2, 0.25) is 5.89 Å². The maximum absolute atomic E-state index is 14.5. The molecule has 1 saturated carbocycles. The SMILES string of the molecule is O=c1c2cc(Cl)ccc2nc(SCc2noc(C3CC3)n2)n1-c1ccc(F)cc1F. The zero-order valence-electron chi connectivity index (χ0n) is 15.3. The molecule has 2 aromatic heterocycles. The Labute approximate surface area is 177 Å². The summed E-state index contributed by atoms with van der Waals surface area (Å²) in [6.07, 6.45) is 2.07. The van der Waals surface area contributed by atoms with E-state index in [0.717, 1.165) is 41.3 Å². The van der Waals surface area contributed by atoms with E-state index in [4.69, 9.17) is 16.1 Å². The smallest absolute Gasteiger partial charge is 0.266 e. The molecule has 2 aromatic carbocycles. The number of halogens is 3. The minimum atomic E-state index is -0.877. The van der Waals surface area contributed by atoms with E-state index in [1.165, 1.54) is 12.1 Å². The lowest BCUT2D eigenvalue weighted by molar-refractivity contribution is 0.375. The van der Waals surface area contributed by atoms with Crippen LogP contribution in [0.25, 0.3) is 16.6 Å². The fraction of sp³-hybridized carbons (Fsp3) is 0.200. The third kappa shape index (κ3) is 3.59. The molecule has 0 aliphatic heterocycles. The van der Waals surface area contributed by atoms with E-state index in [0.29, 0.717) is 28.2 Å². The third-order valence-electron chi connectivity index (χ3n) is 4.69. The van der Waals surface area contributed by atoms with Crippen LogP contribution in [-0.2, 0) is 5.75 Å². The van der Waals surface area contributed by atoms with Crippen LogP contribution in [0, 0.1) is 11.6 Å². The van der Waals surface area contributed by atoms with Crippen molar-refractivity contribution in [2.75, 3.05) is 0 Å². The average molecular weight is 447 g/mol. The van der Waals surface area contributed by atoms with Crippen molar-refractivity contribution in [3.63, 3.8) is 0 Å². The van der Waals surface area contributed by atoms with Gasteiger partial charge in [-0.05, 0) is 43.2 Å². The summed E-state index contributed by atoms with van der Waals surface area (Å²) < 4.78 is 34.3. The van der Waals surface area contributed by atoms with Crippen LogP contribution < -0.4 is 5.56 Å². The number of rotatable bonds is 5. The van der Waals surface area contributed by atoms with Gasteiger partial charge in [-0.25, -0.2) is 13.8 Å². The van der Waals surface area contributed by atoms with E-state index >= 15 is 0 Å². The largest absolute Gasteiger partial charge is 0.339 e. The first kappa shape index (κ1) is 19.2. The van der Waals surface area contributed by atoms with Crippen LogP contribution >= 0.6 is 23.4 Å². The molecule has 5 rings (SSSR count). The molecule has 0 spiro atoms. The van der Waals surface area contributed by atoms with E-state index in [9.17, 15) is 13.6 Å². The van der Waals surface area contributed by atoms with Crippen LogP contribution in [0.4, 0.5) is 8.78 Å². The van der Waals surface area contributed by atoms with Gasteiger partial charge in [0.05, 0.1) is 22.3 Å². The lowest BCUT2D eigenvalue weighted by Crippen LogP contribution is -2.23. The Morgan fingerprint density at radius 3 is 2.77 bits per heavy atom. The monoisotopic (exact) mass is 446 g/mol. The summed E-state index contributed by atoms with van der Waals surface area (Å²) in [5.41, 5.74) is -0.204. The Morgan fingerprint density at radius 1 is 1.17 bits per heavy atom. The van der Waals surface area contributed by atoms with E-state index < -0.39 is 17.2 Å². The molecule has 0 amide bonds. The highest BCUT2D eigenvalue weighted by molar-refractivity contribution is 7.98. The molecule has 6 nitrogen and oxygen atoms in total. The summed E-state index contributed by atoms with van der Waals surface area (Å²) in [4.78, 5) is 22.1. The van der Waals surface area contributed by atoms with Crippen LogP contribution in [0.1, 0.15) is 30.5 Å². The number of fused-ring (bicyclic) bond motifs is 1. The second kappa shape index (κ2) is 7.48. The minimum Gasteiger partial charge on any atom is -0.339 e. The van der Waals surface area contributed by atoms with Crippen molar-refractivity contribution >= 4 is 34.3 Å². The van der Waals surface area contributed by atoms with Crippen LogP contribution in [0.2, 0.25) is 5.02 Å². The lowest BCUT2D eigenvalue weighted by Gasteiger charge is -2.13. The number of thioether (sulfide) groups is 1. The molecule has 30 heavy (non-hydrogen) atoms. The zero-order valence-corrected chi connectivity index (χ0v) is 16.9. The summed E-state index contributed by atoms with van der Waals surface area (Å²) in [7, 11) is 0. The van der Waals surface area contributed by atoms with Gasteiger partial charge in [-0.1, -0.05) is 28.5 Å². The molecule has 0 bridgehead atoms. The summed E-state index contributed by atoms with van der Waals surface area (Å²) in [5.74, 6) is 0.0377. The maximum atomic E-state index is 14.5. The topological polar surface area (TPSA) is 73.8 Å². The standard InChI is InChI=1S/C20H13ClF2N4O2S/c21-11-3-5-15-13(7-11)19(28)27(16-6-4-12(22)8-14(16)23)20(24-15)30-9-17-25-18(29-26-17)10-1-2-10/h3-8,10H,1-2,9H2. The highest BCUT2D eigenvalue weighted by Crippen LogP contribution is 2.39. The van der Waals surface area contributed by atoms with Crippen molar-refractivity contribution in [3.05, 3.63) is 75.1 Å². The molecule has 0 radical (unpaired) electrons. The van der Waals surface area contributed by atoms with Crippen LogP contribution in [0.3, 0.4) is 0 Å². The number of hydrogen-bond acceptors (Lipinski definition) is 6. The summed E-state index contributed by atoms with van der Waals surface area (Å²) in [6.45, 7) is 0. The van der Waals surface area contributed by atoms with E-state index in [2.05, 4.69) is 15.1 Å². The molecule has 2 heterocycles. The van der Waals surface area contributed by atoms with Crippen molar-refractivity contribution in [2.45, 2.75) is 29.7 Å². The molecule has 1 fully saturated rings. The number of hydrogen-bond donors (Lipinski definition) is 0. The van der Waals surface area contributed by atoms with Crippen molar-refractivity contribution < 1.29 is 13.3 Å². The molecule has 1 aliphatic rings. The fourth-order valence-corrected chi connectivity index (χ4v) is 4.08. The first-order valence-corrected chi connectivity index (χ1v) is 10.5. The van der Waals surface area contributed by atoms with Gasteiger partial charge in [0.15, 0.2) is 11.0 Å². The Hall–Kier alpha value is -2.78. The summed E-state index contributed by atoms with van der Waals surface area (Å²) in [6, 6.07) is 7.72. The summed E-state index contributed by atoms with van der Waals surface area (Å²) >= 11 is 7.18. The van der Waals surface area contributed by atoms with Gasteiger partial charge < -0.3 is 4.52 Å². The molecule has 0 unspecified atom stereocenters. The highest BCUT2D eigenvalue weighted by atomic mass is 35.5. The van der Waals surface area contributed by atoms with Crippen molar-refractivity contribution in [1.82, 2.24) is 19.7 Å². The van der Waals surface area contributed by atoms with Gasteiger partial charge in [-0.15, -0.1) is 0 Å². The van der Waals surface area contributed by atoms with Gasteiger partial charge in [0.25, 0.3) is 5.56 Å². The molecule has 152 valence electrons. The quantitative estimate of drug-likeness (QED) is 0.321. The van der Waals surface area contributed by atoms with Gasteiger partial charge in [0.1, 0.15) is 11.6 Å². The molecule has 1 aliphatic carbocycles. The fourth-order valence-electron chi connectivity index (χ4n) is 3.06. The van der Waals surface area contributed by atoms with Crippen LogP contribution in [0.15, 0.2) is 50.9 Å². The zero-order chi connectivity index (χ0) is 20.8. The molecular formula is C20H13ClF2N4O2S. The Balaban J connectivity index is 1.61. The average Bonchev–Trinajstić information content (AvgIpc) is 3.46. The van der Waals surface area contributed by atoms with Gasteiger partial charge in [-0.3, -0.25) is 9.36 Å². The van der Waals surface area contributed by atoms with Crippen LogP contribution in [0.5, 0.6) is 0 Å². The second-order valence-electron chi connectivity index (χ2n) is 6.90. The Morgan fingerprint density at radius 2 is 2.00 bits per heavy atom. The second-order valence-corrected chi connectivity index (χ2v) is 8.28. The third-order valence-corrected chi connectivity index (χ3v) is 5.86. The summed E-state index contributed by atoms with van der Waals surface area (Å²) in [5, 5.41) is 4.76. The van der Waals surface area contributed by atoms with Gasteiger partial charge >= 0.3 is 0 Å². The molecule has 0 atom stereocenters. The first-order chi connectivity index (χ1) is 14.5. The van der Waals surface area contributed by atoms with Crippen LogP contribution in [-0.4, -0.2) is 19.7 Å².